The molecule has 0 spiro atoms. The molecule has 1 aromatic carbocycles. The number of aliphatic imine (C=N–C) groups is 1. The van der Waals surface area contributed by atoms with Crippen molar-refractivity contribution in [2.75, 3.05) is 6.54 Å². The average molecular weight is 532 g/mol. The largest absolute Gasteiger partial charge is 0.388 e. The number of terminal acetylenes is 1. The third kappa shape index (κ3) is 4.54. The van der Waals surface area contributed by atoms with E-state index in [1.54, 1.807) is 6.20 Å². The number of benzene rings is 1. The van der Waals surface area contributed by atoms with Crippen molar-refractivity contribution in [3.05, 3.63) is 74.8 Å². The lowest BCUT2D eigenvalue weighted by atomic mass is 9.89. The van der Waals surface area contributed by atoms with E-state index in [9.17, 15) is 18.3 Å². The summed E-state index contributed by atoms with van der Waals surface area (Å²) in [6.45, 7) is -2.59. The number of fused-ring (bicyclic) bond motifs is 1. The second-order valence-corrected chi connectivity index (χ2v) is 10.0. The first-order valence-electron chi connectivity index (χ1n) is 11.2. The maximum atomic E-state index is 13.9. The molecule has 0 unspecified atom stereocenters. The SMILES string of the molecule is C#CCCC[C@]1(O)CC2=C(c3ccn(C(F)F)n3)[C@H](c3ccc(F)cc3Cl)N=C(c3nccs3)N2C1. The maximum Gasteiger partial charge on any atom is 0.333 e. The molecule has 3 aromatic rings. The highest BCUT2D eigenvalue weighted by Gasteiger charge is 2.46. The highest BCUT2D eigenvalue weighted by atomic mass is 35.5. The third-order valence-electron chi connectivity index (χ3n) is 6.29. The lowest BCUT2D eigenvalue weighted by molar-refractivity contribution is 0.0452. The second kappa shape index (κ2) is 9.73. The van der Waals surface area contributed by atoms with Gasteiger partial charge in [-0.25, -0.2) is 14.1 Å². The van der Waals surface area contributed by atoms with Crippen molar-refractivity contribution >= 4 is 34.3 Å². The minimum Gasteiger partial charge on any atom is -0.388 e. The summed E-state index contributed by atoms with van der Waals surface area (Å²) in [7, 11) is 0. The Labute approximate surface area is 214 Å². The number of unbranched alkanes of at least 4 members (excludes halogenated alkanes) is 1. The number of halogens is 4. The monoisotopic (exact) mass is 531 g/mol. The molecule has 2 atom stereocenters. The van der Waals surface area contributed by atoms with Gasteiger partial charge in [0.2, 0.25) is 0 Å². The zero-order valence-corrected chi connectivity index (χ0v) is 20.5. The quantitative estimate of drug-likeness (QED) is 0.315. The number of thiazole rings is 1. The van der Waals surface area contributed by atoms with Crippen LogP contribution < -0.4 is 0 Å². The van der Waals surface area contributed by atoms with Crippen LogP contribution in [0.15, 0.2) is 52.7 Å². The van der Waals surface area contributed by atoms with Crippen molar-refractivity contribution in [3.63, 3.8) is 0 Å². The first-order chi connectivity index (χ1) is 17.3. The molecule has 0 bridgehead atoms. The number of amidine groups is 1. The minimum atomic E-state index is -2.82. The zero-order valence-electron chi connectivity index (χ0n) is 18.9. The number of nitrogens with zero attached hydrogens (tertiary/aromatic N) is 5. The second-order valence-electron chi connectivity index (χ2n) is 8.72. The van der Waals surface area contributed by atoms with Gasteiger partial charge in [0.15, 0.2) is 10.8 Å². The Balaban J connectivity index is 1.70. The molecule has 0 aliphatic carbocycles. The lowest BCUT2D eigenvalue weighted by Crippen LogP contribution is -2.37. The van der Waals surface area contributed by atoms with Crippen LogP contribution in [-0.2, 0) is 0 Å². The van der Waals surface area contributed by atoms with Crippen LogP contribution in [-0.4, -0.2) is 42.8 Å². The molecule has 2 aliphatic heterocycles. The molecule has 5 rings (SSSR count). The Bertz CT molecular complexity index is 1380. The van der Waals surface area contributed by atoms with Gasteiger partial charge in [0.05, 0.1) is 17.8 Å². The predicted molar refractivity (Wildman–Crippen MR) is 132 cm³/mol. The van der Waals surface area contributed by atoms with Crippen LogP contribution >= 0.6 is 22.9 Å². The van der Waals surface area contributed by atoms with Gasteiger partial charge in [-0.05, 0) is 31.0 Å². The van der Waals surface area contributed by atoms with E-state index >= 15 is 0 Å². The van der Waals surface area contributed by atoms with E-state index in [4.69, 9.17) is 23.0 Å². The maximum absolute atomic E-state index is 13.9. The van der Waals surface area contributed by atoms with Crippen molar-refractivity contribution in [2.45, 2.75) is 43.9 Å². The van der Waals surface area contributed by atoms with E-state index < -0.39 is 24.0 Å². The van der Waals surface area contributed by atoms with Crippen LogP contribution in [0.25, 0.3) is 5.57 Å². The van der Waals surface area contributed by atoms with Gasteiger partial charge in [0.1, 0.15) is 11.9 Å². The van der Waals surface area contributed by atoms with Gasteiger partial charge in [-0.15, -0.1) is 23.7 Å². The number of rotatable bonds is 7. The van der Waals surface area contributed by atoms with Crippen LogP contribution in [0.1, 0.15) is 54.5 Å². The predicted octanol–water partition coefficient (Wildman–Crippen LogP) is 5.68. The molecular weight excluding hydrogens is 511 g/mol. The van der Waals surface area contributed by atoms with E-state index in [1.165, 1.54) is 41.8 Å². The lowest BCUT2D eigenvalue weighted by Gasteiger charge is -2.32. The molecule has 1 N–H and O–H groups in total. The summed E-state index contributed by atoms with van der Waals surface area (Å²) in [5.41, 5.74) is 0.848. The van der Waals surface area contributed by atoms with Gasteiger partial charge in [-0.2, -0.15) is 13.9 Å². The Kier molecular flexibility index (Phi) is 6.64. The molecule has 4 heterocycles. The smallest absolute Gasteiger partial charge is 0.333 e. The molecule has 11 heteroatoms. The minimum absolute atomic E-state index is 0.143. The summed E-state index contributed by atoms with van der Waals surface area (Å²) < 4.78 is 41.3. The van der Waals surface area contributed by atoms with Crippen LogP contribution in [0.4, 0.5) is 13.2 Å². The van der Waals surface area contributed by atoms with E-state index in [0.717, 1.165) is 0 Å². The fourth-order valence-electron chi connectivity index (χ4n) is 4.73. The number of hydrogen-bond acceptors (Lipinski definition) is 6. The van der Waals surface area contributed by atoms with Gasteiger partial charge in [-0.3, -0.25) is 4.99 Å². The van der Waals surface area contributed by atoms with Crippen molar-refractivity contribution < 1.29 is 18.3 Å². The van der Waals surface area contributed by atoms with Crippen LogP contribution in [0.2, 0.25) is 5.02 Å². The van der Waals surface area contributed by atoms with Crippen molar-refractivity contribution in [1.29, 1.82) is 0 Å². The number of hydrogen-bond donors (Lipinski definition) is 1. The molecule has 0 radical (unpaired) electrons. The molecule has 36 heavy (non-hydrogen) atoms. The first kappa shape index (κ1) is 24.6. The van der Waals surface area contributed by atoms with Gasteiger partial charge < -0.3 is 10.0 Å². The number of aromatic nitrogens is 3. The Morgan fingerprint density at radius 1 is 1.33 bits per heavy atom. The third-order valence-corrected chi connectivity index (χ3v) is 7.39. The standard InChI is InChI=1S/C25H21ClF3N5OS/c1-2-3-4-8-25(35)13-19-20(18-7-10-34(32-18)24(28)29)21(16-6-5-15(27)12-17(16)26)31-22(33(19)14-25)23-30-9-11-36-23/h1,5-7,9-12,21,24,35H,3-4,8,13-14H2/t21-,25-/m0/s1. The Hall–Kier alpha value is -3.13. The summed E-state index contributed by atoms with van der Waals surface area (Å²) in [6, 6.07) is 4.69. The highest BCUT2D eigenvalue weighted by Crippen LogP contribution is 2.48. The Morgan fingerprint density at radius 3 is 2.83 bits per heavy atom. The van der Waals surface area contributed by atoms with Crippen LogP contribution in [0, 0.1) is 18.2 Å². The van der Waals surface area contributed by atoms with Crippen LogP contribution in [0.5, 0.6) is 0 Å². The molecule has 0 saturated carbocycles. The van der Waals surface area contributed by atoms with Crippen molar-refractivity contribution in [3.8, 4) is 12.3 Å². The molecule has 186 valence electrons. The molecular formula is C25H21ClF3N5OS. The number of alkyl halides is 2. The van der Waals surface area contributed by atoms with E-state index in [1.807, 2.05) is 10.3 Å². The van der Waals surface area contributed by atoms with Crippen LogP contribution in [0.3, 0.4) is 0 Å². The molecule has 1 saturated heterocycles. The molecule has 0 amide bonds. The topological polar surface area (TPSA) is 66.5 Å². The zero-order chi connectivity index (χ0) is 25.4. The number of aliphatic hydroxyl groups is 1. The summed E-state index contributed by atoms with van der Waals surface area (Å²) in [6.07, 6.45) is 10.1. The van der Waals surface area contributed by atoms with E-state index in [2.05, 4.69) is 16.0 Å². The highest BCUT2D eigenvalue weighted by molar-refractivity contribution is 7.11. The van der Waals surface area contributed by atoms with Gasteiger partial charge >= 0.3 is 6.55 Å². The molecule has 2 aromatic heterocycles. The summed E-state index contributed by atoms with van der Waals surface area (Å²) >= 11 is 7.84. The van der Waals surface area contributed by atoms with E-state index in [-0.39, 0.29) is 23.7 Å². The van der Waals surface area contributed by atoms with Crippen molar-refractivity contribution in [1.82, 2.24) is 19.7 Å². The van der Waals surface area contributed by atoms with Gasteiger partial charge in [0.25, 0.3) is 0 Å². The van der Waals surface area contributed by atoms with Gasteiger partial charge in [0, 0.05) is 52.5 Å². The first-order valence-corrected chi connectivity index (χ1v) is 12.5. The fourth-order valence-corrected chi connectivity index (χ4v) is 5.64. The van der Waals surface area contributed by atoms with E-state index in [0.29, 0.717) is 51.6 Å². The average Bonchev–Trinajstić information content (AvgIpc) is 3.58. The molecule has 6 nitrogen and oxygen atoms in total. The Morgan fingerprint density at radius 2 is 2.17 bits per heavy atom. The summed E-state index contributed by atoms with van der Waals surface area (Å²) in [4.78, 5) is 11.2. The molecule has 2 aliphatic rings. The van der Waals surface area contributed by atoms with Gasteiger partial charge in [-0.1, -0.05) is 17.7 Å². The fraction of sp³-hybridized carbons (Fsp3) is 0.320. The normalized spacial score (nSPS) is 21.6. The summed E-state index contributed by atoms with van der Waals surface area (Å²) in [5.74, 6) is 2.61. The molecule has 1 fully saturated rings. The van der Waals surface area contributed by atoms with Crippen molar-refractivity contribution in [2.24, 2.45) is 4.99 Å². The summed E-state index contributed by atoms with van der Waals surface area (Å²) in [5, 5.41) is 18.2.